The van der Waals surface area contributed by atoms with Gasteiger partial charge < -0.3 is 16.4 Å². The SMILES string of the molecule is CC(C)CC(NC(=O)NC(C)(C)C)C(N)=O. The second-order valence-corrected chi connectivity index (χ2v) is 5.43. The van der Waals surface area contributed by atoms with Gasteiger partial charge in [0, 0.05) is 5.54 Å². The van der Waals surface area contributed by atoms with Crippen molar-refractivity contribution in [2.24, 2.45) is 11.7 Å². The lowest BCUT2D eigenvalue weighted by Gasteiger charge is -2.23. The number of primary amides is 1. The Bertz CT molecular complexity index is 256. The van der Waals surface area contributed by atoms with Crippen LogP contribution in [0, 0.1) is 5.92 Å². The van der Waals surface area contributed by atoms with E-state index in [1.807, 2.05) is 34.6 Å². The van der Waals surface area contributed by atoms with Gasteiger partial charge in [-0.15, -0.1) is 0 Å². The largest absolute Gasteiger partial charge is 0.368 e. The summed E-state index contributed by atoms with van der Waals surface area (Å²) in [5, 5.41) is 5.30. The fraction of sp³-hybridized carbons (Fsp3) is 0.818. The van der Waals surface area contributed by atoms with Gasteiger partial charge in [-0.1, -0.05) is 13.8 Å². The third-order valence-electron chi connectivity index (χ3n) is 1.84. The average Bonchev–Trinajstić information content (AvgIpc) is 1.97. The number of nitrogens with one attached hydrogen (secondary N) is 2. The summed E-state index contributed by atoms with van der Waals surface area (Å²) in [5.74, 6) is -0.204. The molecule has 4 N–H and O–H groups in total. The van der Waals surface area contributed by atoms with Crippen molar-refractivity contribution in [3.63, 3.8) is 0 Å². The van der Waals surface area contributed by atoms with E-state index in [4.69, 9.17) is 5.73 Å². The fourth-order valence-corrected chi connectivity index (χ4v) is 1.25. The number of nitrogens with two attached hydrogens (primary N) is 1. The molecule has 0 saturated carbocycles. The van der Waals surface area contributed by atoms with E-state index >= 15 is 0 Å². The van der Waals surface area contributed by atoms with Gasteiger partial charge in [-0.3, -0.25) is 4.79 Å². The second-order valence-electron chi connectivity index (χ2n) is 5.43. The summed E-state index contributed by atoms with van der Waals surface area (Å²) in [6.45, 7) is 9.55. The van der Waals surface area contributed by atoms with Crippen LogP contribution in [-0.2, 0) is 4.79 Å². The Morgan fingerprint density at radius 1 is 1.25 bits per heavy atom. The van der Waals surface area contributed by atoms with E-state index in [1.54, 1.807) is 0 Å². The number of amides is 3. The quantitative estimate of drug-likeness (QED) is 0.671. The normalized spacial score (nSPS) is 13.4. The summed E-state index contributed by atoms with van der Waals surface area (Å²) in [6, 6.07) is -0.973. The molecule has 0 heterocycles. The molecule has 94 valence electrons. The summed E-state index contributed by atoms with van der Waals surface area (Å²) in [6.07, 6.45) is 0.549. The minimum Gasteiger partial charge on any atom is -0.368 e. The summed E-state index contributed by atoms with van der Waals surface area (Å²) in [5.41, 5.74) is 4.89. The highest BCUT2D eigenvalue weighted by Crippen LogP contribution is 2.05. The van der Waals surface area contributed by atoms with Gasteiger partial charge in [0.15, 0.2) is 0 Å². The Morgan fingerprint density at radius 2 is 1.75 bits per heavy atom. The van der Waals surface area contributed by atoms with Gasteiger partial charge in [0.05, 0.1) is 0 Å². The summed E-state index contributed by atoms with van der Waals surface area (Å²) in [4.78, 5) is 22.6. The molecule has 0 aliphatic rings. The molecule has 0 fully saturated rings. The zero-order valence-electron chi connectivity index (χ0n) is 10.8. The molecule has 16 heavy (non-hydrogen) atoms. The van der Waals surface area contributed by atoms with Crippen molar-refractivity contribution in [2.75, 3.05) is 0 Å². The molecule has 5 nitrogen and oxygen atoms in total. The number of carbonyl (C=O) groups is 2. The van der Waals surface area contributed by atoms with Crippen molar-refractivity contribution in [1.82, 2.24) is 10.6 Å². The van der Waals surface area contributed by atoms with Crippen LogP contribution in [0.25, 0.3) is 0 Å². The molecule has 0 radical (unpaired) electrons. The smallest absolute Gasteiger partial charge is 0.315 e. The molecule has 0 rings (SSSR count). The number of carbonyl (C=O) groups excluding carboxylic acids is 2. The van der Waals surface area contributed by atoms with Crippen LogP contribution >= 0.6 is 0 Å². The maximum absolute atomic E-state index is 11.5. The Labute approximate surface area is 97.2 Å². The molecule has 0 bridgehead atoms. The van der Waals surface area contributed by atoms with Crippen molar-refractivity contribution in [1.29, 1.82) is 0 Å². The third-order valence-corrected chi connectivity index (χ3v) is 1.84. The van der Waals surface area contributed by atoms with E-state index in [1.165, 1.54) is 0 Å². The minimum absolute atomic E-state index is 0.299. The molecule has 0 aromatic heterocycles. The highest BCUT2D eigenvalue weighted by atomic mass is 16.2. The average molecular weight is 229 g/mol. The van der Waals surface area contributed by atoms with Gasteiger partial charge in [0.25, 0.3) is 0 Å². The van der Waals surface area contributed by atoms with Crippen molar-refractivity contribution >= 4 is 11.9 Å². The van der Waals surface area contributed by atoms with Crippen molar-refractivity contribution in [3.8, 4) is 0 Å². The molecular formula is C11H23N3O2. The maximum atomic E-state index is 11.5. The molecule has 1 atom stereocenters. The van der Waals surface area contributed by atoms with Crippen molar-refractivity contribution in [3.05, 3.63) is 0 Å². The first kappa shape index (κ1) is 14.7. The molecule has 0 aromatic rings. The van der Waals surface area contributed by atoms with Crippen LogP contribution in [0.3, 0.4) is 0 Å². The van der Waals surface area contributed by atoms with Crippen molar-refractivity contribution in [2.45, 2.75) is 52.6 Å². The Morgan fingerprint density at radius 3 is 2.06 bits per heavy atom. The minimum atomic E-state index is -0.609. The molecule has 3 amide bonds. The van der Waals surface area contributed by atoms with Crippen LogP contribution in [-0.4, -0.2) is 23.5 Å². The van der Waals surface area contributed by atoms with E-state index in [9.17, 15) is 9.59 Å². The maximum Gasteiger partial charge on any atom is 0.315 e. The first-order valence-corrected chi connectivity index (χ1v) is 5.50. The van der Waals surface area contributed by atoms with E-state index in [-0.39, 0.29) is 11.6 Å². The first-order valence-electron chi connectivity index (χ1n) is 5.50. The number of hydrogen-bond donors (Lipinski definition) is 3. The predicted octanol–water partition coefficient (Wildman–Crippen LogP) is 0.984. The lowest BCUT2D eigenvalue weighted by molar-refractivity contribution is -0.120. The summed E-state index contributed by atoms with van der Waals surface area (Å²) < 4.78 is 0. The van der Waals surface area contributed by atoms with Crippen LogP contribution in [0.15, 0.2) is 0 Å². The zero-order valence-corrected chi connectivity index (χ0v) is 10.8. The molecule has 0 saturated heterocycles. The van der Waals surface area contributed by atoms with Crippen molar-refractivity contribution < 1.29 is 9.59 Å². The van der Waals surface area contributed by atoms with Crippen LogP contribution in [0.1, 0.15) is 41.0 Å². The Kier molecular flexibility index (Phi) is 5.27. The Hall–Kier alpha value is -1.26. The first-order chi connectivity index (χ1) is 7.11. The molecule has 1 unspecified atom stereocenters. The van der Waals surface area contributed by atoms with Gasteiger partial charge in [-0.25, -0.2) is 4.79 Å². The topological polar surface area (TPSA) is 84.2 Å². The molecule has 0 aliphatic heterocycles. The fourth-order valence-electron chi connectivity index (χ4n) is 1.25. The van der Waals surface area contributed by atoms with Gasteiger partial charge >= 0.3 is 6.03 Å². The molecule has 0 aromatic carbocycles. The van der Waals surface area contributed by atoms with E-state index < -0.39 is 11.9 Å². The van der Waals surface area contributed by atoms with E-state index in [0.717, 1.165) is 0 Å². The number of hydrogen-bond acceptors (Lipinski definition) is 2. The van der Waals surface area contributed by atoms with Gasteiger partial charge in [0.2, 0.25) is 5.91 Å². The summed E-state index contributed by atoms with van der Waals surface area (Å²) >= 11 is 0. The molecule has 5 heteroatoms. The number of rotatable bonds is 4. The van der Waals surface area contributed by atoms with Crippen LogP contribution in [0.2, 0.25) is 0 Å². The highest BCUT2D eigenvalue weighted by Gasteiger charge is 2.21. The molecular weight excluding hydrogens is 206 g/mol. The third kappa shape index (κ3) is 7.09. The highest BCUT2D eigenvalue weighted by molar-refractivity contribution is 5.86. The van der Waals surface area contributed by atoms with Crippen LogP contribution in [0.4, 0.5) is 4.79 Å². The zero-order chi connectivity index (χ0) is 12.9. The molecule has 0 aliphatic carbocycles. The lowest BCUT2D eigenvalue weighted by Crippen LogP contribution is -2.53. The van der Waals surface area contributed by atoms with Gasteiger partial charge in [-0.2, -0.15) is 0 Å². The second kappa shape index (κ2) is 5.72. The monoisotopic (exact) mass is 229 g/mol. The standard InChI is InChI=1S/C11H23N3O2/c1-7(2)6-8(9(12)15)13-10(16)14-11(3,4)5/h7-8H,6H2,1-5H3,(H2,12,15)(H2,13,14,16). The molecule has 0 spiro atoms. The summed E-state index contributed by atoms with van der Waals surface area (Å²) in [7, 11) is 0. The van der Waals surface area contributed by atoms with Crippen LogP contribution < -0.4 is 16.4 Å². The number of urea groups is 1. The van der Waals surface area contributed by atoms with E-state index in [0.29, 0.717) is 12.3 Å². The van der Waals surface area contributed by atoms with Gasteiger partial charge in [0.1, 0.15) is 6.04 Å². The lowest BCUT2D eigenvalue weighted by atomic mass is 10.0. The predicted molar refractivity (Wildman–Crippen MR) is 63.9 cm³/mol. The Balaban J connectivity index is 4.30. The van der Waals surface area contributed by atoms with Gasteiger partial charge in [-0.05, 0) is 33.1 Å². The van der Waals surface area contributed by atoms with Crippen LogP contribution in [0.5, 0.6) is 0 Å². The van der Waals surface area contributed by atoms with E-state index in [2.05, 4.69) is 10.6 Å².